The van der Waals surface area contributed by atoms with Crippen molar-refractivity contribution in [3.8, 4) is 17.2 Å². The first-order valence-corrected chi connectivity index (χ1v) is 7.85. The van der Waals surface area contributed by atoms with Crippen LogP contribution < -0.4 is 0 Å². The molecule has 2 aromatic carbocycles. The Morgan fingerprint density at radius 3 is 2.80 bits per heavy atom. The number of hydrogen-bond acceptors (Lipinski definition) is 5. The molecule has 0 radical (unpaired) electrons. The zero-order chi connectivity index (χ0) is 17.2. The number of rotatable bonds is 3. The summed E-state index contributed by atoms with van der Waals surface area (Å²) in [4.78, 5) is 13.1. The van der Waals surface area contributed by atoms with Crippen LogP contribution in [0.15, 0.2) is 70.2 Å². The molecule has 25 heavy (non-hydrogen) atoms. The minimum atomic E-state index is 0.199. The molecular weight excluding hydrogens is 314 g/mol. The highest BCUT2D eigenvalue weighted by atomic mass is 16.3. The van der Waals surface area contributed by atoms with Crippen LogP contribution in [0.5, 0.6) is 5.75 Å². The van der Waals surface area contributed by atoms with Gasteiger partial charge in [0.25, 0.3) is 0 Å². The van der Waals surface area contributed by atoms with Gasteiger partial charge in [-0.1, -0.05) is 18.2 Å². The standard InChI is InChI=1S/C20H15N3O2/c1-13-8-9-14(20-23-19-18(25-20)7-4-10-21-19)11-16(13)22-12-15-5-2-3-6-17(15)24/h2-12,24H,1H3. The maximum Gasteiger partial charge on any atom is 0.228 e. The van der Waals surface area contributed by atoms with Crippen LogP contribution in [0.2, 0.25) is 0 Å². The molecule has 0 atom stereocenters. The van der Waals surface area contributed by atoms with Crippen LogP contribution in [-0.4, -0.2) is 21.3 Å². The van der Waals surface area contributed by atoms with E-state index in [1.807, 2.05) is 49.4 Å². The summed E-state index contributed by atoms with van der Waals surface area (Å²) >= 11 is 0. The number of aliphatic imine (C=N–C) groups is 1. The van der Waals surface area contributed by atoms with Crippen LogP contribution in [0.4, 0.5) is 5.69 Å². The first-order valence-electron chi connectivity index (χ1n) is 7.85. The monoisotopic (exact) mass is 329 g/mol. The molecule has 5 nitrogen and oxygen atoms in total. The third-order valence-corrected chi connectivity index (χ3v) is 3.90. The number of nitrogens with zero attached hydrogens (tertiary/aromatic N) is 3. The van der Waals surface area contributed by atoms with Gasteiger partial charge in [0.2, 0.25) is 5.89 Å². The molecule has 0 fully saturated rings. The van der Waals surface area contributed by atoms with Gasteiger partial charge in [-0.05, 0) is 48.9 Å². The highest BCUT2D eigenvalue weighted by molar-refractivity contribution is 5.86. The van der Waals surface area contributed by atoms with Gasteiger partial charge in [0.15, 0.2) is 11.2 Å². The first kappa shape index (κ1) is 15.1. The van der Waals surface area contributed by atoms with Gasteiger partial charge in [-0.25, -0.2) is 4.98 Å². The third kappa shape index (κ3) is 2.99. The number of phenolic OH excluding ortho intramolecular Hbond substituents is 1. The van der Waals surface area contributed by atoms with E-state index in [9.17, 15) is 5.11 Å². The number of aromatic nitrogens is 2. The average Bonchev–Trinajstić information content (AvgIpc) is 3.06. The fourth-order valence-corrected chi connectivity index (χ4v) is 2.51. The molecule has 0 saturated carbocycles. The van der Waals surface area contributed by atoms with Crippen molar-refractivity contribution in [3.05, 3.63) is 71.9 Å². The lowest BCUT2D eigenvalue weighted by Crippen LogP contribution is -1.84. The third-order valence-electron chi connectivity index (χ3n) is 3.90. The molecule has 4 rings (SSSR count). The highest BCUT2D eigenvalue weighted by Crippen LogP contribution is 2.29. The summed E-state index contributed by atoms with van der Waals surface area (Å²) in [5, 5.41) is 9.85. The Labute approximate surface area is 144 Å². The molecule has 0 saturated heterocycles. The Hall–Kier alpha value is -3.47. The van der Waals surface area contributed by atoms with Crippen molar-refractivity contribution in [2.45, 2.75) is 6.92 Å². The van der Waals surface area contributed by atoms with Gasteiger partial charge in [-0.3, -0.25) is 4.99 Å². The number of benzene rings is 2. The Morgan fingerprint density at radius 1 is 1.08 bits per heavy atom. The number of oxazole rings is 1. The number of hydrogen-bond donors (Lipinski definition) is 1. The van der Waals surface area contributed by atoms with Crippen molar-refractivity contribution in [1.29, 1.82) is 0 Å². The molecule has 2 heterocycles. The van der Waals surface area contributed by atoms with Crippen molar-refractivity contribution in [1.82, 2.24) is 9.97 Å². The molecule has 1 N–H and O–H groups in total. The molecule has 0 aliphatic rings. The van der Waals surface area contributed by atoms with E-state index in [4.69, 9.17) is 4.42 Å². The van der Waals surface area contributed by atoms with Gasteiger partial charge in [-0.15, -0.1) is 0 Å². The number of pyridine rings is 1. The smallest absolute Gasteiger partial charge is 0.228 e. The SMILES string of the molecule is Cc1ccc(-c2nc3ncccc3o2)cc1N=Cc1ccccc1O. The van der Waals surface area contributed by atoms with Crippen molar-refractivity contribution in [3.63, 3.8) is 0 Å². The molecular formula is C20H15N3O2. The second kappa shape index (κ2) is 6.20. The maximum atomic E-state index is 9.85. The summed E-state index contributed by atoms with van der Waals surface area (Å²) in [6.45, 7) is 1.98. The maximum absolute atomic E-state index is 9.85. The fraction of sp³-hybridized carbons (Fsp3) is 0.0500. The predicted molar refractivity (Wildman–Crippen MR) is 97.3 cm³/mol. The summed E-state index contributed by atoms with van der Waals surface area (Å²) in [7, 11) is 0. The van der Waals surface area contributed by atoms with Gasteiger partial charge in [0.05, 0.1) is 5.69 Å². The average molecular weight is 329 g/mol. The normalized spacial score (nSPS) is 11.4. The minimum absolute atomic E-state index is 0.199. The molecule has 0 amide bonds. The van der Waals surface area contributed by atoms with E-state index in [1.165, 1.54) is 0 Å². The molecule has 0 aliphatic carbocycles. The van der Waals surface area contributed by atoms with Gasteiger partial charge in [0, 0.05) is 23.5 Å². The van der Waals surface area contributed by atoms with Gasteiger partial charge in [0.1, 0.15) is 5.75 Å². The molecule has 5 heteroatoms. The van der Waals surface area contributed by atoms with E-state index in [1.54, 1.807) is 24.5 Å². The van der Waals surface area contributed by atoms with Crippen molar-refractivity contribution < 1.29 is 9.52 Å². The first-order chi connectivity index (χ1) is 12.2. The van der Waals surface area contributed by atoms with Crippen LogP contribution in [0.25, 0.3) is 22.7 Å². The van der Waals surface area contributed by atoms with E-state index < -0.39 is 0 Å². The second-order valence-corrected chi connectivity index (χ2v) is 5.66. The Bertz CT molecular complexity index is 1050. The molecule has 4 aromatic rings. The molecule has 2 aromatic heterocycles. The zero-order valence-electron chi connectivity index (χ0n) is 13.5. The van der Waals surface area contributed by atoms with Gasteiger partial charge < -0.3 is 9.52 Å². The van der Waals surface area contributed by atoms with E-state index in [2.05, 4.69) is 15.0 Å². The summed E-state index contributed by atoms with van der Waals surface area (Å²) in [5.41, 5.74) is 4.53. The lowest BCUT2D eigenvalue weighted by Gasteiger charge is -2.03. The number of phenols is 1. The Balaban J connectivity index is 1.72. The quantitative estimate of drug-likeness (QED) is 0.555. The van der Waals surface area contributed by atoms with E-state index in [0.717, 1.165) is 16.8 Å². The largest absolute Gasteiger partial charge is 0.507 e. The summed E-state index contributed by atoms with van der Waals surface area (Å²) in [6.07, 6.45) is 3.33. The van der Waals surface area contributed by atoms with Gasteiger partial charge >= 0.3 is 0 Å². The molecule has 0 spiro atoms. The van der Waals surface area contributed by atoms with Crippen LogP contribution >= 0.6 is 0 Å². The zero-order valence-corrected chi connectivity index (χ0v) is 13.5. The molecule has 0 bridgehead atoms. The Morgan fingerprint density at radius 2 is 1.96 bits per heavy atom. The predicted octanol–water partition coefficient (Wildman–Crippen LogP) is 4.65. The molecule has 122 valence electrons. The van der Waals surface area contributed by atoms with Crippen LogP contribution in [-0.2, 0) is 0 Å². The summed E-state index contributed by atoms with van der Waals surface area (Å²) in [6, 6.07) is 16.6. The topological polar surface area (TPSA) is 71.5 Å². The molecule has 0 aliphatic heterocycles. The lowest BCUT2D eigenvalue weighted by molar-refractivity contribution is 0.474. The number of aromatic hydroxyl groups is 1. The fourth-order valence-electron chi connectivity index (χ4n) is 2.51. The van der Waals surface area contributed by atoms with E-state index in [-0.39, 0.29) is 5.75 Å². The minimum Gasteiger partial charge on any atom is -0.507 e. The second-order valence-electron chi connectivity index (χ2n) is 5.66. The van der Waals surface area contributed by atoms with Crippen molar-refractivity contribution in [2.24, 2.45) is 4.99 Å². The number of para-hydroxylation sites is 1. The van der Waals surface area contributed by atoms with Crippen molar-refractivity contribution in [2.75, 3.05) is 0 Å². The van der Waals surface area contributed by atoms with Crippen LogP contribution in [0.1, 0.15) is 11.1 Å². The lowest BCUT2D eigenvalue weighted by atomic mass is 10.1. The summed E-state index contributed by atoms with van der Waals surface area (Å²) in [5.74, 6) is 0.706. The van der Waals surface area contributed by atoms with Gasteiger partial charge in [-0.2, -0.15) is 4.98 Å². The van der Waals surface area contributed by atoms with E-state index in [0.29, 0.717) is 22.7 Å². The Kier molecular flexibility index (Phi) is 3.74. The van der Waals surface area contributed by atoms with Crippen LogP contribution in [0, 0.1) is 6.92 Å². The highest BCUT2D eigenvalue weighted by Gasteiger charge is 2.10. The number of fused-ring (bicyclic) bond motifs is 1. The van der Waals surface area contributed by atoms with E-state index >= 15 is 0 Å². The summed E-state index contributed by atoms with van der Waals surface area (Å²) < 4.78 is 5.77. The molecule has 0 unspecified atom stereocenters. The number of aryl methyl sites for hydroxylation is 1. The van der Waals surface area contributed by atoms with Crippen LogP contribution in [0.3, 0.4) is 0 Å². The van der Waals surface area contributed by atoms with Crippen molar-refractivity contribution >= 4 is 23.1 Å².